The number of carbonyl (C=O) groups excluding carboxylic acids is 1. The first-order chi connectivity index (χ1) is 10.1. The van der Waals surface area contributed by atoms with Gasteiger partial charge in [-0.1, -0.05) is 19.3 Å². The number of nitrogens with two attached hydrogens (primary N) is 1. The van der Waals surface area contributed by atoms with Gasteiger partial charge in [0, 0.05) is 23.8 Å². The molecule has 1 aromatic carbocycles. The lowest BCUT2D eigenvalue weighted by molar-refractivity contribution is 0.0698. The second-order valence-corrected chi connectivity index (χ2v) is 6.47. The van der Waals surface area contributed by atoms with Crippen molar-refractivity contribution < 1.29 is 9.18 Å². The number of hydrogen-bond donors (Lipinski definition) is 1. The maximum atomic E-state index is 13.5. The first-order valence-corrected chi connectivity index (χ1v) is 8.00. The van der Waals surface area contributed by atoms with Crippen molar-refractivity contribution in [2.24, 2.45) is 5.92 Å². The van der Waals surface area contributed by atoms with Crippen molar-refractivity contribution in [1.29, 1.82) is 0 Å². The zero-order valence-electron chi connectivity index (χ0n) is 12.4. The minimum atomic E-state index is -0.438. The summed E-state index contributed by atoms with van der Waals surface area (Å²) in [5.74, 6) is 0.107. The zero-order valence-corrected chi connectivity index (χ0v) is 12.4. The van der Waals surface area contributed by atoms with E-state index >= 15 is 0 Å². The summed E-state index contributed by atoms with van der Waals surface area (Å²) in [6.45, 7) is 0.819. The fourth-order valence-corrected chi connectivity index (χ4v) is 3.33. The molecule has 0 saturated heterocycles. The number of carbonyl (C=O) groups is 1. The maximum absolute atomic E-state index is 13.5. The van der Waals surface area contributed by atoms with E-state index in [0.717, 1.165) is 19.4 Å². The molecular formula is C17H23FN2O. The SMILES string of the molecule is Nc1cc(F)cc(C(=O)N(CC2CCCCC2)C2CC2)c1. The Morgan fingerprint density at radius 1 is 1.14 bits per heavy atom. The van der Waals surface area contributed by atoms with Crippen LogP contribution in [-0.2, 0) is 0 Å². The molecular weight excluding hydrogens is 267 g/mol. The Labute approximate surface area is 125 Å². The summed E-state index contributed by atoms with van der Waals surface area (Å²) in [5, 5.41) is 0. The third-order valence-electron chi connectivity index (χ3n) is 4.60. The first-order valence-electron chi connectivity index (χ1n) is 8.00. The molecule has 4 heteroatoms. The van der Waals surface area contributed by atoms with Crippen LogP contribution in [0.2, 0.25) is 0 Å². The predicted octanol–water partition coefficient (Wildman–Crippen LogP) is 3.59. The first kappa shape index (κ1) is 14.4. The van der Waals surface area contributed by atoms with E-state index in [2.05, 4.69) is 0 Å². The van der Waals surface area contributed by atoms with Crippen LogP contribution in [0.3, 0.4) is 0 Å². The molecule has 1 amide bonds. The minimum absolute atomic E-state index is 0.0609. The van der Waals surface area contributed by atoms with E-state index in [-0.39, 0.29) is 5.91 Å². The van der Waals surface area contributed by atoms with Crippen molar-refractivity contribution in [2.45, 2.75) is 51.0 Å². The Morgan fingerprint density at radius 2 is 1.86 bits per heavy atom. The molecule has 3 nitrogen and oxygen atoms in total. The van der Waals surface area contributed by atoms with E-state index in [1.165, 1.54) is 44.2 Å². The number of benzene rings is 1. The summed E-state index contributed by atoms with van der Waals surface area (Å²) in [5.41, 5.74) is 6.36. The highest BCUT2D eigenvalue weighted by molar-refractivity contribution is 5.95. The van der Waals surface area contributed by atoms with E-state index in [1.54, 1.807) is 6.07 Å². The molecule has 2 aliphatic carbocycles. The lowest BCUT2D eigenvalue weighted by Crippen LogP contribution is -2.37. The van der Waals surface area contributed by atoms with Crippen molar-refractivity contribution in [3.8, 4) is 0 Å². The van der Waals surface area contributed by atoms with E-state index in [0.29, 0.717) is 23.2 Å². The van der Waals surface area contributed by atoms with Gasteiger partial charge in [0.05, 0.1) is 0 Å². The van der Waals surface area contributed by atoms with Crippen molar-refractivity contribution in [2.75, 3.05) is 12.3 Å². The van der Waals surface area contributed by atoms with Crippen molar-refractivity contribution in [3.63, 3.8) is 0 Å². The van der Waals surface area contributed by atoms with Gasteiger partial charge < -0.3 is 10.6 Å². The number of rotatable bonds is 4. The number of hydrogen-bond acceptors (Lipinski definition) is 2. The molecule has 0 atom stereocenters. The minimum Gasteiger partial charge on any atom is -0.399 e. The van der Waals surface area contributed by atoms with Crippen molar-refractivity contribution >= 4 is 11.6 Å². The summed E-state index contributed by atoms with van der Waals surface area (Å²) in [6.07, 6.45) is 8.42. The van der Waals surface area contributed by atoms with Crippen LogP contribution in [0.4, 0.5) is 10.1 Å². The molecule has 0 radical (unpaired) electrons. The third-order valence-corrected chi connectivity index (χ3v) is 4.60. The van der Waals surface area contributed by atoms with Crippen LogP contribution < -0.4 is 5.73 Å². The van der Waals surface area contributed by atoms with Crippen LogP contribution >= 0.6 is 0 Å². The number of halogens is 1. The molecule has 2 aliphatic rings. The lowest BCUT2D eigenvalue weighted by Gasteiger charge is -2.30. The van der Waals surface area contributed by atoms with Crippen LogP contribution in [0.1, 0.15) is 55.3 Å². The second-order valence-electron chi connectivity index (χ2n) is 6.47. The molecule has 0 unspecified atom stereocenters. The summed E-state index contributed by atoms with van der Waals surface area (Å²) >= 11 is 0. The highest BCUT2D eigenvalue weighted by Gasteiger charge is 2.34. The maximum Gasteiger partial charge on any atom is 0.254 e. The molecule has 0 aliphatic heterocycles. The Hall–Kier alpha value is -1.58. The summed E-state index contributed by atoms with van der Waals surface area (Å²) in [6, 6.07) is 4.49. The monoisotopic (exact) mass is 290 g/mol. The van der Waals surface area contributed by atoms with Gasteiger partial charge in [0.15, 0.2) is 0 Å². The average molecular weight is 290 g/mol. The normalized spacial score (nSPS) is 19.5. The van der Waals surface area contributed by atoms with Gasteiger partial charge >= 0.3 is 0 Å². The quantitative estimate of drug-likeness (QED) is 0.861. The second kappa shape index (κ2) is 6.04. The van der Waals surface area contributed by atoms with Gasteiger partial charge in [0.2, 0.25) is 0 Å². The molecule has 21 heavy (non-hydrogen) atoms. The largest absolute Gasteiger partial charge is 0.399 e. The highest BCUT2D eigenvalue weighted by atomic mass is 19.1. The zero-order chi connectivity index (χ0) is 14.8. The summed E-state index contributed by atoms with van der Waals surface area (Å²) in [7, 11) is 0. The van der Waals surface area contributed by atoms with Gasteiger partial charge in [0.1, 0.15) is 5.82 Å². The highest BCUT2D eigenvalue weighted by Crippen LogP contribution is 2.32. The topological polar surface area (TPSA) is 46.3 Å². The molecule has 114 valence electrons. The number of nitrogen functional groups attached to an aromatic ring is 1. The van der Waals surface area contributed by atoms with Gasteiger partial charge in [-0.05, 0) is 49.8 Å². The summed E-state index contributed by atoms with van der Waals surface area (Å²) < 4.78 is 13.5. The average Bonchev–Trinajstić information content (AvgIpc) is 3.29. The molecule has 2 saturated carbocycles. The van der Waals surface area contributed by atoms with Crippen LogP contribution in [0, 0.1) is 11.7 Å². The third kappa shape index (κ3) is 3.55. The fraction of sp³-hybridized carbons (Fsp3) is 0.588. The van der Waals surface area contributed by atoms with Gasteiger partial charge in [-0.25, -0.2) is 4.39 Å². The predicted molar refractivity (Wildman–Crippen MR) is 81.4 cm³/mol. The molecule has 3 rings (SSSR count). The van der Waals surface area contributed by atoms with Crippen LogP contribution in [0.15, 0.2) is 18.2 Å². The molecule has 0 spiro atoms. The van der Waals surface area contributed by atoms with E-state index in [1.807, 2.05) is 4.90 Å². The smallest absolute Gasteiger partial charge is 0.254 e. The Morgan fingerprint density at radius 3 is 2.48 bits per heavy atom. The van der Waals surface area contributed by atoms with Crippen molar-refractivity contribution in [3.05, 3.63) is 29.6 Å². The Kier molecular flexibility index (Phi) is 4.13. The standard InChI is InChI=1S/C17H23FN2O/c18-14-8-13(9-15(19)10-14)17(21)20(16-6-7-16)11-12-4-2-1-3-5-12/h8-10,12,16H,1-7,11,19H2. The number of nitrogens with zero attached hydrogens (tertiary/aromatic N) is 1. The van der Waals surface area contributed by atoms with Crippen LogP contribution in [0.25, 0.3) is 0 Å². The fourth-order valence-electron chi connectivity index (χ4n) is 3.33. The lowest BCUT2D eigenvalue weighted by atomic mass is 9.88. The summed E-state index contributed by atoms with van der Waals surface area (Å²) in [4.78, 5) is 14.7. The molecule has 0 heterocycles. The van der Waals surface area contributed by atoms with Gasteiger partial charge in [-0.15, -0.1) is 0 Å². The molecule has 2 fully saturated rings. The van der Waals surface area contributed by atoms with Gasteiger partial charge in [0.25, 0.3) is 5.91 Å². The number of anilines is 1. The molecule has 0 aromatic heterocycles. The Balaban J connectivity index is 1.74. The Bertz CT molecular complexity index is 501. The van der Waals surface area contributed by atoms with E-state index < -0.39 is 5.82 Å². The van der Waals surface area contributed by atoms with Crippen molar-refractivity contribution in [1.82, 2.24) is 4.90 Å². The van der Waals surface area contributed by atoms with Gasteiger partial charge in [-0.2, -0.15) is 0 Å². The van der Waals surface area contributed by atoms with E-state index in [4.69, 9.17) is 5.73 Å². The van der Waals surface area contributed by atoms with E-state index in [9.17, 15) is 9.18 Å². The molecule has 1 aromatic rings. The van der Waals surface area contributed by atoms with Crippen LogP contribution in [-0.4, -0.2) is 23.4 Å². The van der Waals surface area contributed by atoms with Gasteiger partial charge in [-0.3, -0.25) is 4.79 Å². The van der Waals surface area contributed by atoms with Crippen LogP contribution in [0.5, 0.6) is 0 Å². The molecule has 0 bridgehead atoms. The number of amides is 1. The molecule has 2 N–H and O–H groups in total.